The van der Waals surface area contributed by atoms with Gasteiger partial charge >= 0.3 is 0 Å². The SMILES string of the molecule is CCC(O)CSC(=N)N=C(N)N. The minimum Gasteiger partial charge on any atom is -0.392 e. The van der Waals surface area contributed by atoms with Crippen LogP contribution >= 0.6 is 11.8 Å². The smallest absolute Gasteiger partial charge is 0.193 e. The summed E-state index contributed by atoms with van der Waals surface area (Å²) in [4.78, 5) is 3.49. The quantitative estimate of drug-likeness (QED) is 0.362. The highest BCUT2D eigenvalue weighted by Gasteiger charge is 2.02. The van der Waals surface area contributed by atoms with E-state index in [1.807, 2.05) is 6.92 Å². The molecule has 0 saturated heterocycles. The Hall–Kier alpha value is -0.750. The first-order valence-electron chi connectivity index (χ1n) is 3.55. The van der Waals surface area contributed by atoms with E-state index in [-0.39, 0.29) is 11.1 Å². The van der Waals surface area contributed by atoms with Crippen LogP contribution in [0.25, 0.3) is 0 Å². The normalized spacial score (nSPS) is 12.2. The first kappa shape index (κ1) is 11.2. The Kier molecular flexibility index (Phi) is 5.48. The summed E-state index contributed by atoms with van der Waals surface area (Å²) >= 11 is 1.12. The van der Waals surface area contributed by atoms with Crippen LogP contribution in [0.5, 0.6) is 0 Å². The third-order valence-corrected chi connectivity index (χ3v) is 2.03. The third-order valence-electron chi connectivity index (χ3n) is 1.11. The summed E-state index contributed by atoms with van der Waals surface area (Å²) in [6.45, 7) is 1.87. The summed E-state index contributed by atoms with van der Waals surface area (Å²) in [7, 11) is 0. The van der Waals surface area contributed by atoms with Crippen molar-refractivity contribution < 1.29 is 5.11 Å². The molecule has 6 N–H and O–H groups in total. The summed E-state index contributed by atoms with van der Waals surface area (Å²) in [6.07, 6.45) is 0.270. The Labute approximate surface area is 75.7 Å². The highest BCUT2D eigenvalue weighted by molar-refractivity contribution is 8.13. The highest BCUT2D eigenvalue weighted by Crippen LogP contribution is 2.07. The molecule has 0 aliphatic rings. The van der Waals surface area contributed by atoms with Gasteiger partial charge in [0.15, 0.2) is 11.1 Å². The summed E-state index contributed by atoms with van der Waals surface area (Å²) in [5.41, 5.74) is 10.1. The maximum Gasteiger partial charge on any atom is 0.193 e. The number of hydrogen-bond acceptors (Lipinski definition) is 3. The molecule has 0 aromatic carbocycles. The molecule has 0 aliphatic carbocycles. The van der Waals surface area contributed by atoms with E-state index in [9.17, 15) is 0 Å². The largest absolute Gasteiger partial charge is 0.392 e. The van der Waals surface area contributed by atoms with Gasteiger partial charge in [0.1, 0.15) is 0 Å². The molecule has 0 radical (unpaired) electrons. The van der Waals surface area contributed by atoms with Crippen molar-refractivity contribution in [3.05, 3.63) is 0 Å². The first-order chi connectivity index (χ1) is 5.56. The molecule has 1 unspecified atom stereocenters. The number of amidine groups is 1. The summed E-state index contributed by atoms with van der Waals surface area (Å²) < 4.78 is 0. The minimum absolute atomic E-state index is 0.0301. The van der Waals surface area contributed by atoms with Gasteiger partial charge in [0, 0.05) is 5.75 Å². The zero-order chi connectivity index (χ0) is 9.56. The fourth-order valence-corrected chi connectivity index (χ4v) is 1.20. The van der Waals surface area contributed by atoms with Crippen molar-refractivity contribution in [3.63, 3.8) is 0 Å². The van der Waals surface area contributed by atoms with E-state index < -0.39 is 6.10 Å². The van der Waals surface area contributed by atoms with Crippen LogP contribution in [-0.4, -0.2) is 28.1 Å². The van der Waals surface area contributed by atoms with Crippen LogP contribution in [0.2, 0.25) is 0 Å². The second kappa shape index (κ2) is 5.84. The predicted molar refractivity (Wildman–Crippen MR) is 52.3 cm³/mol. The van der Waals surface area contributed by atoms with E-state index in [1.165, 1.54) is 0 Å². The molecule has 0 aliphatic heterocycles. The number of nitrogens with zero attached hydrogens (tertiary/aromatic N) is 1. The number of aliphatic hydroxyl groups excluding tert-OH is 1. The predicted octanol–water partition coefficient (Wildman–Crippen LogP) is -0.301. The lowest BCUT2D eigenvalue weighted by atomic mass is 10.3. The standard InChI is InChI=1S/C6H14N4OS/c1-2-4(11)3-12-6(9)10-5(7)8/h4,11H,2-3H2,1H3,(H5,7,8,9,10). The van der Waals surface area contributed by atoms with Gasteiger partial charge in [-0.15, -0.1) is 0 Å². The van der Waals surface area contributed by atoms with Crippen LogP contribution in [0.3, 0.4) is 0 Å². The lowest BCUT2D eigenvalue weighted by molar-refractivity contribution is 0.195. The second-order valence-electron chi connectivity index (χ2n) is 2.21. The maximum absolute atomic E-state index is 9.11. The topological polar surface area (TPSA) is 108 Å². The van der Waals surface area contributed by atoms with Gasteiger partial charge in [0.2, 0.25) is 0 Å². The Morgan fingerprint density at radius 2 is 2.25 bits per heavy atom. The Bertz CT molecular complexity index is 178. The molecular weight excluding hydrogens is 176 g/mol. The average molecular weight is 190 g/mol. The van der Waals surface area contributed by atoms with Crippen molar-refractivity contribution in [2.45, 2.75) is 19.4 Å². The molecule has 0 rings (SSSR count). The van der Waals surface area contributed by atoms with Crippen LogP contribution in [0.4, 0.5) is 0 Å². The van der Waals surface area contributed by atoms with Crippen LogP contribution in [0, 0.1) is 5.41 Å². The van der Waals surface area contributed by atoms with Gasteiger partial charge in [0.25, 0.3) is 0 Å². The van der Waals surface area contributed by atoms with Crippen molar-refractivity contribution >= 4 is 22.9 Å². The Balaban J connectivity index is 3.65. The molecule has 70 valence electrons. The van der Waals surface area contributed by atoms with Crippen LogP contribution in [-0.2, 0) is 0 Å². The van der Waals surface area contributed by atoms with E-state index >= 15 is 0 Å². The zero-order valence-corrected chi connectivity index (χ0v) is 7.77. The monoisotopic (exact) mass is 190 g/mol. The molecule has 0 amide bonds. The first-order valence-corrected chi connectivity index (χ1v) is 4.53. The second-order valence-corrected chi connectivity index (χ2v) is 3.22. The molecule has 0 aromatic heterocycles. The van der Waals surface area contributed by atoms with Crippen molar-refractivity contribution in [2.75, 3.05) is 5.75 Å². The van der Waals surface area contributed by atoms with Gasteiger partial charge < -0.3 is 16.6 Å². The number of guanidine groups is 1. The molecule has 0 fully saturated rings. The van der Waals surface area contributed by atoms with Gasteiger partial charge in [-0.05, 0) is 6.42 Å². The van der Waals surface area contributed by atoms with E-state index in [0.29, 0.717) is 12.2 Å². The fourth-order valence-electron chi connectivity index (χ4n) is 0.443. The van der Waals surface area contributed by atoms with Crippen LogP contribution < -0.4 is 11.5 Å². The molecule has 1 atom stereocenters. The van der Waals surface area contributed by atoms with Gasteiger partial charge in [-0.2, -0.15) is 4.99 Å². The Morgan fingerprint density at radius 3 is 2.67 bits per heavy atom. The maximum atomic E-state index is 9.11. The van der Waals surface area contributed by atoms with Crippen LogP contribution in [0.1, 0.15) is 13.3 Å². The molecule has 6 heteroatoms. The molecule has 5 nitrogen and oxygen atoms in total. The van der Waals surface area contributed by atoms with Crippen molar-refractivity contribution in [2.24, 2.45) is 16.5 Å². The van der Waals surface area contributed by atoms with E-state index in [0.717, 1.165) is 11.8 Å². The lowest BCUT2D eigenvalue weighted by Gasteiger charge is -2.04. The molecule has 0 bridgehead atoms. The summed E-state index contributed by atoms with van der Waals surface area (Å²) in [6, 6.07) is 0. The molecule has 0 spiro atoms. The van der Waals surface area contributed by atoms with Crippen molar-refractivity contribution in [1.82, 2.24) is 0 Å². The Morgan fingerprint density at radius 1 is 1.67 bits per heavy atom. The van der Waals surface area contributed by atoms with Gasteiger partial charge in [-0.1, -0.05) is 18.7 Å². The number of hydrogen-bond donors (Lipinski definition) is 4. The number of nitrogens with one attached hydrogen (secondary N) is 1. The molecular formula is C6H14N4OS. The number of rotatable bonds is 3. The molecule has 0 aromatic rings. The minimum atomic E-state index is -0.399. The number of aliphatic hydroxyl groups is 1. The molecule has 12 heavy (non-hydrogen) atoms. The number of nitrogens with two attached hydrogens (primary N) is 2. The number of thioether (sulfide) groups is 1. The molecule has 0 saturated carbocycles. The fraction of sp³-hybridized carbons (Fsp3) is 0.667. The van der Waals surface area contributed by atoms with Crippen LogP contribution in [0.15, 0.2) is 4.99 Å². The van der Waals surface area contributed by atoms with Gasteiger partial charge in [0.05, 0.1) is 6.10 Å². The third kappa shape index (κ3) is 5.99. The lowest BCUT2D eigenvalue weighted by Crippen LogP contribution is -2.23. The zero-order valence-electron chi connectivity index (χ0n) is 6.95. The van der Waals surface area contributed by atoms with Gasteiger partial charge in [-0.3, -0.25) is 5.41 Å². The van der Waals surface area contributed by atoms with Gasteiger partial charge in [-0.25, -0.2) is 0 Å². The van der Waals surface area contributed by atoms with E-state index in [2.05, 4.69) is 4.99 Å². The number of aliphatic imine (C=N–C) groups is 1. The molecule has 0 heterocycles. The summed E-state index contributed by atoms with van der Waals surface area (Å²) in [5.74, 6) is 0.324. The highest BCUT2D eigenvalue weighted by atomic mass is 32.2. The van der Waals surface area contributed by atoms with Crippen molar-refractivity contribution in [1.29, 1.82) is 5.41 Å². The van der Waals surface area contributed by atoms with E-state index in [1.54, 1.807) is 0 Å². The van der Waals surface area contributed by atoms with E-state index in [4.69, 9.17) is 22.0 Å². The summed E-state index contributed by atoms with van der Waals surface area (Å²) in [5, 5.41) is 16.3. The van der Waals surface area contributed by atoms with Crippen molar-refractivity contribution in [3.8, 4) is 0 Å². The average Bonchev–Trinajstić information content (AvgIpc) is 1.99.